The number of nitrogens with zero attached hydrogens (tertiary/aromatic N) is 2. The van der Waals surface area contributed by atoms with E-state index < -0.39 is 20.6 Å². The van der Waals surface area contributed by atoms with E-state index in [1.807, 2.05) is 0 Å². The fourth-order valence-corrected chi connectivity index (χ4v) is 3.10. The summed E-state index contributed by atoms with van der Waals surface area (Å²) in [5, 5.41) is 13.8. The molecular weight excluding hydrogens is 298 g/mol. The van der Waals surface area contributed by atoms with Gasteiger partial charge < -0.3 is 10.1 Å². The molecule has 118 valence electrons. The Morgan fingerprint density at radius 2 is 2.10 bits per heavy atom. The maximum Gasteiger partial charge on any atom is 0.291 e. The molecule has 0 aliphatic heterocycles. The van der Waals surface area contributed by atoms with Crippen LogP contribution in [0.15, 0.2) is 23.1 Å². The molecular formula is C12H19N3O5S. The number of ether oxygens (including phenoxy) is 1. The molecule has 0 radical (unpaired) electrons. The fraction of sp³-hybridized carbons (Fsp3) is 0.500. The molecule has 1 rings (SSSR count). The van der Waals surface area contributed by atoms with Crippen LogP contribution in [0, 0.1) is 10.1 Å². The number of anilines is 1. The number of nitrogens with one attached hydrogen (secondary N) is 1. The van der Waals surface area contributed by atoms with Crippen molar-refractivity contribution in [1.29, 1.82) is 0 Å². The molecule has 0 atom stereocenters. The third-order valence-electron chi connectivity index (χ3n) is 2.95. The van der Waals surface area contributed by atoms with Crippen LogP contribution in [-0.4, -0.2) is 52.0 Å². The zero-order valence-electron chi connectivity index (χ0n) is 12.2. The Morgan fingerprint density at radius 3 is 2.62 bits per heavy atom. The van der Waals surface area contributed by atoms with E-state index >= 15 is 0 Å². The van der Waals surface area contributed by atoms with Crippen LogP contribution in [0.3, 0.4) is 0 Å². The molecule has 0 bridgehead atoms. The van der Waals surface area contributed by atoms with Crippen molar-refractivity contribution >= 4 is 21.4 Å². The first-order valence-electron chi connectivity index (χ1n) is 6.26. The zero-order valence-corrected chi connectivity index (χ0v) is 13.0. The predicted molar refractivity (Wildman–Crippen MR) is 79.0 cm³/mol. The second-order valence-electron chi connectivity index (χ2n) is 4.36. The largest absolute Gasteiger partial charge is 0.388 e. The maximum atomic E-state index is 12.4. The lowest BCUT2D eigenvalue weighted by Gasteiger charge is -2.17. The van der Waals surface area contributed by atoms with Gasteiger partial charge in [0.2, 0.25) is 10.0 Å². The predicted octanol–water partition coefficient (Wildman–Crippen LogP) is 1.29. The molecule has 9 heteroatoms. The Morgan fingerprint density at radius 1 is 1.43 bits per heavy atom. The van der Waals surface area contributed by atoms with E-state index in [2.05, 4.69) is 5.32 Å². The molecule has 1 N–H and O–H groups in total. The molecule has 8 nitrogen and oxygen atoms in total. The van der Waals surface area contributed by atoms with Gasteiger partial charge in [0.05, 0.1) is 4.92 Å². The van der Waals surface area contributed by atoms with Crippen molar-refractivity contribution in [1.82, 2.24) is 4.31 Å². The summed E-state index contributed by atoms with van der Waals surface area (Å²) in [4.78, 5) is 10.1. The van der Waals surface area contributed by atoms with Gasteiger partial charge in [0.25, 0.3) is 5.69 Å². The van der Waals surface area contributed by atoms with E-state index in [-0.39, 0.29) is 11.4 Å². The van der Waals surface area contributed by atoms with Crippen molar-refractivity contribution in [2.75, 3.05) is 39.7 Å². The van der Waals surface area contributed by atoms with Crippen LogP contribution in [0.1, 0.15) is 6.42 Å². The van der Waals surface area contributed by atoms with E-state index in [9.17, 15) is 18.5 Å². The van der Waals surface area contributed by atoms with Gasteiger partial charge in [-0.1, -0.05) is 0 Å². The standard InChI is InChI=1S/C12H19N3O5S/c1-13-10-5-6-12(11(9-10)15(16)17)21(18,19)14(2)7-4-8-20-3/h5-6,9,13H,4,7-8H2,1-3H3. The number of sulfonamides is 1. The second-order valence-corrected chi connectivity index (χ2v) is 6.38. The molecule has 21 heavy (non-hydrogen) atoms. The lowest BCUT2D eigenvalue weighted by molar-refractivity contribution is -0.387. The first kappa shape index (κ1) is 17.3. The Balaban J connectivity index is 3.15. The van der Waals surface area contributed by atoms with E-state index in [4.69, 9.17) is 4.74 Å². The second kappa shape index (κ2) is 7.34. The molecule has 0 saturated heterocycles. The topological polar surface area (TPSA) is 102 Å². The molecule has 0 saturated carbocycles. The summed E-state index contributed by atoms with van der Waals surface area (Å²) in [6.45, 7) is 0.641. The Labute approximate surface area is 123 Å². The van der Waals surface area contributed by atoms with E-state index in [0.29, 0.717) is 18.7 Å². The third kappa shape index (κ3) is 4.13. The van der Waals surface area contributed by atoms with Gasteiger partial charge >= 0.3 is 0 Å². The number of hydrogen-bond acceptors (Lipinski definition) is 6. The first-order valence-corrected chi connectivity index (χ1v) is 7.70. The van der Waals surface area contributed by atoms with Gasteiger partial charge in [0, 0.05) is 46.1 Å². The van der Waals surface area contributed by atoms with Crippen LogP contribution >= 0.6 is 0 Å². The van der Waals surface area contributed by atoms with Gasteiger partial charge in [-0.15, -0.1) is 0 Å². The number of rotatable bonds is 8. The molecule has 0 aliphatic carbocycles. The Kier molecular flexibility index (Phi) is 6.06. The SMILES string of the molecule is CNc1ccc(S(=O)(=O)N(C)CCCOC)c([N+](=O)[O-])c1. The number of methoxy groups -OCH3 is 1. The Hall–Kier alpha value is -1.71. The maximum absolute atomic E-state index is 12.4. The average molecular weight is 317 g/mol. The summed E-state index contributed by atoms with van der Waals surface area (Å²) in [5.41, 5.74) is 0.0307. The summed E-state index contributed by atoms with van der Waals surface area (Å²) in [5.74, 6) is 0. The molecule has 0 spiro atoms. The Bertz CT molecular complexity index is 603. The molecule has 0 heterocycles. The van der Waals surface area contributed by atoms with Gasteiger partial charge in [-0.25, -0.2) is 12.7 Å². The van der Waals surface area contributed by atoms with Crippen LogP contribution < -0.4 is 5.32 Å². The summed E-state index contributed by atoms with van der Waals surface area (Å²) in [6.07, 6.45) is 0.509. The lowest BCUT2D eigenvalue weighted by Crippen LogP contribution is -2.29. The first-order chi connectivity index (χ1) is 9.84. The van der Waals surface area contributed by atoms with Gasteiger partial charge in [-0.2, -0.15) is 0 Å². The normalized spacial score (nSPS) is 11.6. The molecule has 0 unspecified atom stereocenters. The molecule has 0 amide bonds. The van der Waals surface area contributed by atoms with Crippen molar-refractivity contribution in [2.45, 2.75) is 11.3 Å². The van der Waals surface area contributed by atoms with Crippen LogP contribution in [0.25, 0.3) is 0 Å². The fourth-order valence-electron chi connectivity index (χ4n) is 1.75. The highest BCUT2D eigenvalue weighted by Gasteiger charge is 2.29. The van der Waals surface area contributed by atoms with Crippen molar-refractivity contribution in [3.05, 3.63) is 28.3 Å². The molecule has 1 aromatic carbocycles. The summed E-state index contributed by atoms with van der Waals surface area (Å²) in [7, 11) is 0.603. The highest BCUT2D eigenvalue weighted by molar-refractivity contribution is 7.89. The molecule has 1 aromatic rings. The monoisotopic (exact) mass is 317 g/mol. The molecule has 0 aliphatic rings. The lowest BCUT2D eigenvalue weighted by atomic mass is 10.3. The van der Waals surface area contributed by atoms with Crippen molar-refractivity contribution < 1.29 is 18.1 Å². The molecule has 0 fully saturated rings. The number of nitro groups is 1. The smallest absolute Gasteiger partial charge is 0.291 e. The quantitative estimate of drug-likeness (QED) is 0.440. The number of nitro benzene ring substituents is 1. The number of hydrogen-bond donors (Lipinski definition) is 1. The minimum absolute atomic E-state index is 0.223. The van der Waals surface area contributed by atoms with Gasteiger partial charge in [0.15, 0.2) is 4.90 Å². The van der Waals surface area contributed by atoms with Gasteiger partial charge in [-0.3, -0.25) is 10.1 Å². The van der Waals surface area contributed by atoms with Crippen LogP contribution in [0.2, 0.25) is 0 Å². The van der Waals surface area contributed by atoms with Crippen molar-refractivity contribution in [3.63, 3.8) is 0 Å². The number of benzene rings is 1. The summed E-state index contributed by atoms with van der Waals surface area (Å²) < 4.78 is 30.8. The van der Waals surface area contributed by atoms with Crippen molar-refractivity contribution in [2.24, 2.45) is 0 Å². The average Bonchev–Trinajstić information content (AvgIpc) is 2.46. The van der Waals surface area contributed by atoms with Gasteiger partial charge in [0.1, 0.15) is 0 Å². The highest BCUT2D eigenvalue weighted by atomic mass is 32.2. The minimum Gasteiger partial charge on any atom is -0.388 e. The van der Waals surface area contributed by atoms with E-state index in [0.717, 1.165) is 4.31 Å². The van der Waals surface area contributed by atoms with Crippen molar-refractivity contribution in [3.8, 4) is 0 Å². The van der Waals surface area contributed by atoms with E-state index in [1.54, 1.807) is 7.05 Å². The molecule has 0 aromatic heterocycles. The zero-order chi connectivity index (χ0) is 16.0. The van der Waals surface area contributed by atoms with Gasteiger partial charge in [-0.05, 0) is 18.6 Å². The van der Waals surface area contributed by atoms with E-state index in [1.165, 1.54) is 32.4 Å². The third-order valence-corrected chi connectivity index (χ3v) is 4.86. The van der Waals surface area contributed by atoms with Crippen LogP contribution in [0.4, 0.5) is 11.4 Å². The highest BCUT2D eigenvalue weighted by Crippen LogP contribution is 2.29. The minimum atomic E-state index is -3.91. The summed E-state index contributed by atoms with van der Waals surface area (Å²) in [6, 6.07) is 3.94. The van der Waals surface area contributed by atoms with Crippen LogP contribution in [-0.2, 0) is 14.8 Å². The summed E-state index contributed by atoms with van der Waals surface area (Å²) >= 11 is 0. The van der Waals surface area contributed by atoms with Crippen LogP contribution in [0.5, 0.6) is 0 Å².